The van der Waals surface area contributed by atoms with E-state index in [-0.39, 0.29) is 5.54 Å². The Hall–Kier alpha value is -1.71. The largest absolute Gasteiger partial charge is 0.306 e. The van der Waals surface area contributed by atoms with E-state index in [1.807, 2.05) is 0 Å². The van der Waals surface area contributed by atoms with Crippen LogP contribution in [-0.4, -0.2) is 48.0 Å². The molecule has 2 aromatic rings. The van der Waals surface area contributed by atoms with E-state index in [0.29, 0.717) is 11.8 Å². The molecule has 0 bridgehead atoms. The van der Waals surface area contributed by atoms with Crippen molar-refractivity contribution >= 4 is 0 Å². The zero-order chi connectivity index (χ0) is 18.4. The van der Waals surface area contributed by atoms with Crippen LogP contribution in [0.4, 0.5) is 0 Å². The molecule has 1 saturated carbocycles. The maximum absolute atomic E-state index is 5.21. The van der Waals surface area contributed by atoms with Crippen molar-refractivity contribution in [3.05, 3.63) is 65.0 Å². The van der Waals surface area contributed by atoms with Gasteiger partial charge in [-0.1, -0.05) is 35.9 Å². The summed E-state index contributed by atoms with van der Waals surface area (Å²) in [6.07, 6.45) is 5.05. The van der Waals surface area contributed by atoms with E-state index in [4.69, 9.17) is 4.98 Å². The van der Waals surface area contributed by atoms with Crippen LogP contribution in [0.15, 0.2) is 42.5 Å². The fourth-order valence-corrected chi connectivity index (χ4v) is 5.06. The molecule has 3 heterocycles. The Bertz CT molecular complexity index is 812. The highest BCUT2D eigenvalue weighted by atomic mass is 15.3. The van der Waals surface area contributed by atoms with Gasteiger partial charge in [-0.25, -0.2) is 0 Å². The minimum Gasteiger partial charge on any atom is -0.306 e. The summed E-state index contributed by atoms with van der Waals surface area (Å²) in [5, 5.41) is 0. The molecule has 2 aliphatic heterocycles. The standard InChI is InChI=1S/C24H31N3/c1-18-5-3-6-20(15-18)21-16-27(17-21)24(11-12-24)23-8-4-7-22(25-23)19-9-13-26(2)14-10-19/h3-8,15,19,21H,9-14,16-17H2,1-2H3. The lowest BCUT2D eigenvalue weighted by Crippen LogP contribution is -2.51. The summed E-state index contributed by atoms with van der Waals surface area (Å²) >= 11 is 0. The van der Waals surface area contributed by atoms with Crippen LogP contribution < -0.4 is 0 Å². The van der Waals surface area contributed by atoms with Crippen molar-refractivity contribution < 1.29 is 0 Å². The van der Waals surface area contributed by atoms with E-state index in [1.165, 1.54) is 74.4 Å². The second-order valence-corrected chi connectivity index (χ2v) is 9.07. The molecule has 0 atom stereocenters. The van der Waals surface area contributed by atoms with Gasteiger partial charge in [-0.2, -0.15) is 0 Å². The Morgan fingerprint density at radius 3 is 2.41 bits per heavy atom. The molecule has 0 amide bonds. The second-order valence-electron chi connectivity index (χ2n) is 9.07. The van der Waals surface area contributed by atoms with Crippen molar-refractivity contribution in [2.75, 3.05) is 33.2 Å². The molecule has 0 unspecified atom stereocenters. The molecule has 0 radical (unpaired) electrons. The van der Waals surface area contributed by atoms with Crippen LogP contribution >= 0.6 is 0 Å². The van der Waals surface area contributed by atoms with Crippen LogP contribution in [0.25, 0.3) is 0 Å². The summed E-state index contributed by atoms with van der Waals surface area (Å²) in [6, 6.07) is 15.9. The third kappa shape index (κ3) is 3.21. The molecule has 3 aliphatic rings. The van der Waals surface area contributed by atoms with E-state index >= 15 is 0 Å². The summed E-state index contributed by atoms with van der Waals surface area (Å²) in [4.78, 5) is 10.3. The Morgan fingerprint density at radius 1 is 0.963 bits per heavy atom. The quantitative estimate of drug-likeness (QED) is 0.810. The van der Waals surface area contributed by atoms with Crippen molar-refractivity contribution in [1.82, 2.24) is 14.8 Å². The average molecular weight is 362 g/mol. The van der Waals surface area contributed by atoms with Gasteiger partial charge in [0.25, 0.3) is 0 Å². The van der Waals surface area contributed by atoms with E-state index in [1.54, 1.807) is 0 Å². The van der Waals surface area contributed by atoms with Crippen LogP contribution in [0.2, 0.25) is 0 Å². The molecule has 3 nitrogen and oxygen atoms in total. The first kappa shape index (κ1) is 17.4. The van der Waals surface area contributed by atoms with Crippen LogP contribution in [0.3, 0.4) is 0 Å². The third-order valence-electron chi connectivity index (χ3n) is 7.11. The molecule has 1 aromatic carbocycles. The number of rotatable bonds is 4. The van der Waals surface area contributed by atoms with Gasteiger partial charge in [-0.05, 0) is 70.4 Å². The molecular weight excluding hydrogens is 330 g/mol. The highest BCUT2D eigenvalue weighted by molar-refractivity contribution is 5.32. The van der Waals surface area contributed by atoms with Crippen molar-refractivity contribution in [2.24, 2.45) is 0 Å². The lowest BCUT2D eigenvalue weighted by atomic mass is 9.87. The Labute approximate surface area is 163 Å². The summed E-state index contributed by atoms with van der Waals surface area (Å²) < 4.78 is 0. The maximum atomic E-state index is 5.21. The predicted octanol–water partition coefficient (Wildman–Crippen LogP) is 4.29. The van der Waals surface area contributed by atoms with Gasteiger partial charge in [0.1, 0.15) is 0 Å². The summed E-state index contributed by atoms with van der Waals surface area (Å²) in [5.74, 6) is 1.34. The van der Waals surface area contributed by atoms with Gasteiger partial charge in [0.15, 0.2) is 0 Å². The smallest absolute Gasteiger partial charge is 0.0635 e. The average Bonchev–Trinajstić information content (AvgIpc) is 3.43. The van der Waals surface area contributed by atoms with E-state index in [9.17, 15) is 0 Å². The van der Waals surface area contributed by atoms with Crippen LogP contribution in [-0.2, 0) is 5.54 Å². The Kier molecular flexibility index (Phi) is 4.33. The molecule has 3 fully saturated rings. The SMILES string of the molecule is Cc1cccc(C2CN(C3(c4cccc(C5CCN(C)CC5)n4)CC3)C2)c1. The molecule has 0 N–H and O–H groups in total. The monoisotopic (exact) mass is 361 g/mol. The first-order chi connectivity index (χ1) is 13.1. The number of aryl methyl sites for hydroxylation is 1. The highest BCUT2D eigenvalue weighted by Gasteiger charge is 2.54. The molecule has 0 spiro atoms. The molecule has 27 heavy (non-hydrogen) atoms. The van der Waals surface area contributed by atoms with Crippen LogP contribution in [0.1, 0.15) is 60.0 Å². The van der Waals surface area contributed by atoms with Crippen LogP contribution in [0, 0.1) is 6.92 Å². The minimum absolute atomic E-state index is 0.238. The van der Waals surface area contributed by atoms with Gasteiger partial charge < -0.3 is 4.90 Å². The molecule has 3 heteroatoms. The lowest BCUT2D eigenvalue weighted by molar-refractivity contribution is 0.0714. The number of benzene rings is 1. The number of piperidine rings is 1. The van der Waals surface area contributed by atoms with Gasteiger partial charge in [-0.15, -0.1) is 0 Å². The Balaban J connectivity index is 1.30. The van der Waals surface area contributed by atoms with Gasteiger partial charge in [0, 0.05) is 30.6 Å². The maximum Gasteiger partial charge on any atom is 0.0635 e. The Morgan fingerprint density at radius 2 is 1.70 bits per heavy atom. The van der Waals surface area contributed by atoms with Gasteiger partial charge in [0.05, 0.1) is 11.2 Å². The van der Waals surface area contributed by atoms with Crippen LogP contribution in [0.5, 0.6) is 0 Å². The summed E-state index contributed by atoms with van der Waals surface area (Å²) in [5.41, 5.74) is 5.79. The predicted molar refractivity (Wildman–Crippen MR) is 110 cm³/mol. The molecule has 2 saturated heterocycles. The number of nitrogens with zero attached hydrogens (tertiary/aromatic N) is 3. The number of hydrogen-bond acceptors (Lipinski definition) is 3. The molecule has 1 aliphatic carbocycles. The van der Waals surface area contributed by atoms with Crippen molar-refractivity contribution in [3.8, 4) is 0 Å². The summed E-state index contributed by atoms with van der Waals surface area (Å²) in [7, 11) is 2.23. The molecule has 5 rings (SSSR count). The van der Waals surface area contributed by atoms with Gasteiger partial charge in [0.2, 0.25) is 0 Å². The van der Waals surface area contributed by atoms with Crippen molar-refractivity contribution in [2.45, 2.75) is 50.0 Å². The normalized spacial score (nSPS) is 23.9. The van der Waals surface area contributed by atoms with Crippen molar-refractivity contribution in [1.29, 1.82) is 0 Å². The van der Waals surface area contributed by atoms with Crippen molar-refractivity contribution in [3.63, 3.8) is 0 Å². The number of pyridine rings is 1. The van der Waals surface area contributed by atoms with E-state index in [0.717, 1.165) is 0 Å². The van der Waals surface area contributed by atoms with Gasteiger partial charge in [-0.3, -0.25) is 9.88 Å². The molecule has 142 valence electrons. The number of aromatic nitrogens is 1. The zero-order valence-electron chi connectivity index (χ0n) is 16.7. The fourth-order valence-electron chi connectivity index (χ4n) is 5.06. The number of likely N-dealkylation sites (tertiary alicyclic amines) is 2. The molecule has 1 aromatic heterocycles. The fraction of sp³-hybridized carbons (Fsp3) is 0.542. The van der Waals surface area contributed by atoms with E-state index in [2.05, 4.69) is 66.2 Å². The van der Waals surface area contributed by atoms with E-state index < -0.39 is 0 Å². The first-order valence-electron chi connectivity index (χ1n) is 10.6. The third-order valence-corrected chi connectivity index (χ3v) is 7.11. The highest BCUT2D eigenvalue weighted by Crippen LogP contribution is 2.54. The first-order valence-corrected chi connectivity index (χ1v) is 10.6. The topological polar surface area (TPSA) is 19.4 Å². The molecular formula is C24H31N3. The minimum atomic E-state index is 0.238. The lowest BCUT2D eigenvalue weighted by Gasteiger charge is -2.45. The second kappa shape index (κ2) is 6.72. The van der Waals surface area contributed by atoms with Gasteiger partial charge >= 0.3 is 0 Å². The summed E-state index contributed by atoms with van der Waals surface area (Å²) in [6.45, 7) is 6.96. The zero-order valence-corrected chi connectivity index (χ0v) is 16.7. The number of hydrogen-bond donors (Lipinski definition) is 0.